The Morgan fingerprint density at radius 1 is 0.905 bits per heavy atom. The second-order valence-corrected chi connectivity index (χ2v) is 5.06. The standard InChI is InChI=1S/C18H24N2O/c1-4-21-17-10-8-16(9-11-17)19-12-13-20-18-7-5-6-14(2)15(18)3/h5-11,19-20H,4,12-13H2,1-3H3. The Labute approximate surface area is 127 Å². The highest BCUT2D eigenvalue weighted by atomic mass is 16.5. The third kappa shape index (κ3) is 4.42. The zero-order valence-corrected chi connectivity index (χ0v) is 13.1. The van der Waals surface area contributed by atoms with E-state index in [1.165, 1.54) is 16.8 Å². The molecule has 2 N–H and O–H groups in total. The lowest BCUT2D eigenvalue weighted by molar-refractivity contribution is 0.340. The number of ether oxygens (including phenoxy) is 1. The molecule has 0 heterocycles. The predicted molar refractivity (Wildman–Crippen MR) is 90.5 cm³/mol. The molecule has 3 nitrogen and oxygen atoms in total. The van der Waals surface area contributed by atoms with Gasteiger partial charge in [0.25, 0.3) is 0 Å². The molecule has 0 spiro atoms. The van der Waals surface area contributed by atoms with Crippen LogP contribution < -0.4 is 15.4 Å². The molecule has 0 unspecified atom stereocenters. The minimum absolute atomic E-state index is 0.701. The van der Waals surface area contributed by atoms with Gasteiger partial charge in [-0.05, 0) is 62.2 Å². The number of nitrogens with one attached hydrogen (secondary N) is 2. The Kier molecular flexibility index (Phi) is 5.50. The Hall–Kier alpha value is -2.16. The van der Waals surface area contributed by atoms with E-state index >= 15 is 0 Å². The van der Waals surface area contributed by atoms with Crippen molar-refractivity contribution in [2.24, 2.45) is 0 Å². The average Bonchev–Trinajstić information content (AvgIpc) is 2.50. The van der Waals surface area contributed by atoms with Crippen LogP contribution in [-0.2, 0) is 0 Å². The Morgan fingerprint density at radius 2 is 1.62 bits per heavy atom. The van der Waals surface area contributed by atoms with Crippen molar-refractivity contribution in [1.82, 2.24) is 0 Å². The van der Waals surface area contributed by atoms with Crippen LogP contribution in [-0.4, -0.2) is 19.7 Å². The molecule has 0 aliphatic rings. The Bertz CT molecular complexity index is 564. The Balaban J connectivity index is 1.78. The average molecular weight is 284 g/mol. The smallest absolute Gasteiger partial charge is 0.119 e. The molecule has 21 heavy (non-hydrogen) atoms. The first kappa shape index (κ1) is 15.2. The molecule has 0 fully saturated rings. The maximum atomic E-state index is 5.43. The van der Waals surface area contributed by atoms with Gasteiger partial charge in [0.05, 0.1) is 6.61 Å². The fraction of sp³-hybridized carbons (Fsp3) is 0.333. The van der Waals surface area contributed by atoms with Crippen molar-refractivity contribution < 1.29 is 4.74 Å². The number of rotatable bonds is 7. The minimum Gasteiger partial charge on any atom is -0.494 e. The first-order valence-electron chi connectivity index (χ1n) is 7.47. The van der Waals surface area contributed by atoms with Crippen molar-refractivity contribution in [3.05, 3.63) is 53.6 Å². The fourth-order valence-corrected chi connectivity index (χ4v) is 2.18. The molecule has 2 aromatic carbocycles. The summed E-state index contributed by atoms with van der Waals surface area (Å²) in [4.78, 5) is 0. The largest absolute Gasteiger partial charge is 0.494 e. The first-order valence-corrected chi connectivity index (χ1v) is 7.47. The van der Waals surface area contributed by atoms with Gasteiger partial charge < -0.3 is 15.4 Å². The molecular weight excluding hydrogens is 260 g/mol. The molecule has 2 rings (SSSR count). The van der Waals surface area contributed by atoms with E-state index in [-0.39, 0.29) is 0 Å². The first-order chi connectivity index (χ1) is 10.2. The molecule has 0 saturated carbocycles. The number of anilines is 2. The van der Waals surface area contributed by atoms with E-state index in [2.05, 4.69) is 42.7 Å². The van der Waals surface area contributed by atoms with Gasteiger partial charge in [0.2, 0.25) is 0 Å². The van der Waals surface area contributed by atoms with E-state index in [0.29, 0.717) is 6.61 Å². The van der Waals surface area contributed by atoms with E-state index in [4.69, 9.17) is 4.74 Å². The van der Waals surface area contributed by atoms with Crippen molar-refractivity contribution in [3.8, 4) is 5.75 Å². The van der Waals surface area contributed by atoms with Gasteiger partial charge in [-0.15, -0.1) is 0 Å². The van der Waals surface area contributed by atoms with Crippen LogP contribution in [0.2, 0.25) is 0 Å². The number of hydrogen-bond acceptors (Lipinski definition) is 3. The zero-order valence-electron chi connectivity index (χ0n) is 13.1. The van der Waals surface area contributed by atoms with Gasteiger partial charge >= 0.3 is 0 Å². The Morgan fingerprint density at radius 3 is 2.33 bits per heavy atom. The summed E-state index contributed by atoms with van der Waals surface area (Å²) in [7, 11) is 0. The van der Waals surface area contributed by atoms with Crippen molar-refractivity contribution >= 4 is 11.4 Å². The third-order valence-corrected chi connectivity index (χ3v) is 3.54. The molecule has 0 saturated heterocycles. The molecule has 2 aromatic rings. The van der Waals surface area contributed by atoms with Crippen molar-refractivity contribution in [3.63, 3.8) is 0 Å². The lowest BCUT2D eigenvalue weighted by Crippen LogP contribution is -2.14. The summed E-state index contributed by atoms with van der Waals surface area (Å²) in [5, 5.41) is 6.87. The van der Waals surface area contributed by atoms with Crippen LogP contribution in [0.3, 0.4) is 0 Å². The normalized spacial score (nSPS) is 10.2. The van der Waals surface area contributed by atoms with Gasteiger partial charge in [0.1, 0.15) is 5.75 Å². The molecule has 0 radical (unpaired) electrons. The van der Waals surface area contributed by atoms with Crippen LogP contribution in [0.15, 0.2) is 42.5 Å². The van der Waals surface area contributed by atoms with Crippen LogP contribution in [0.25, 0.3) is 0 Å². The van der Waals surface area contributed by atoms with Crippen molar-refractivity contribution in [1.29, 1.82) is 0 Å². The van der Waals surface area contributed by atoms with Gasteiger partial charge in [-0.1, -0.05) is 12.1 Å². The lowest BCUT2D eigenvalue weighted by Gasteiger charge is -2.12. The highest BCUT2D eigenvalue weighted by Gasteiger charge is 1.99. The molecule has 0 atom stereocenters. The summed E-state index contributed by atoms with van der Waals surface area (Å²) in [6.07, 6.45) is 0. The molecule has 0 bridgehead atoms. The van der Waals surface area contributed by atoms with Crippen LogP contribution in [0, 0.1) is 13.8 Å². The van der Waals surface area contributed by atoms with Crippen LogP contribution in [0.5, 0.6) is 5.75 Å². The zero-order chi connectivity index (χ0) is 15.1. The van der Waals surface area contributed by atoms with Crippen molar-refractivity contribution in [2.75, 3.05) is 30.3 Å². The molecular formula is C18H24N2O. The molecule has 0 aliphatic heterocycles. The summed E-state index contributed by atoms with van der Waals surface area (Å²) in [6.45, 7) is 8.74. The van der Waals surface area contributed by atoms with Crippen molar-refractivity contribution in [2.45, 2.75) is 20.8 Å². The SMILES string of the molecule is CCOc1ccc(NCCNc2cccc(C)c2C)cc1. The number of benzene rings is 2. The third-order valence-electron chi connectivity index (χ3n) is 3.54. The highest BCUT2D eigenvalue weighted by Crippen LogP contribution is 2.18. The second kappa shape index (κ2) is 7.58. The van der Waals surface area contributed by atoms with Gasteiger partial charge in [0, 0.05) is 24.5 Å². The lowest BCUT2D eigenvalue weighted by atomic mass is 10.1. The number of aryl methyl sites for hydroxylation is 1. The van der Waals surface area contributed by atoms with E-state index in [1.807, 2.05) is 31.2 Å². The predicted octanol–water partition coefficient (Wildman–Crippen LogP) is 4.23. The van der Waals surface area contributed by atoms with Gasteiger partial charge in [-0.2, -0.15) is 0 Å². The molecule has 0 amide bonds. The molecule has 3 heteroatoms. The minimum atomic E-state index is 0.701. The second-order valence-electron chi connectivity index (χ2n) is 5.06. The van der Waals surface area contributed by atoms with Gasteiger partial charge in [-0.25, -0.2) is 0 Å². The molecule has 112 valence electrons. The monoisotopic (exact) mass is 284 g/mol. The van der Waals surface area contributed by atoms with E-state index in [9.17, 15) is 0 Å². The van der Waals surface area contributed by atoms with Gasteiger partial charge in [-0.3, -0.25) is 0 Å². The maximum Gasteiger partial charge on any atom is 0.119 e. The van der Waals surface area contributed by atoms with E-state index in [1.54, 1.807) is 0 Å². The number of hydrogen-bond donors (Lipinski definition) is 2. The topological polar surface area (TPSA) is 33.3 Å². The summed E-state index contributed by atoms with van der Waals surface area (Å²) in [5.74, 6) is 0.913. The van der Waals surface area contributed by atoms with Crippen LogP contribution in [0.4, 0.5) is 11.4 Å². The summed E-state index contributed by atoms with van der Waals surface area (Å²) < 4.78 is 5.43. The molecule has 0 aliphatic carbocycles. The summed E-state index contributed by atoms with van der Waals surface area (Å²) in [5.41, 5.74) is 4.96. The fourth-order valence-electron chi connectivity index (χ4n) is 2.18. The quantitative estimate of drug-likeness (QED) is 0.747. The summed E-state index contributed by atoms with van der Waals surface area (Å²) >= 11 is 0. The van der Waals surface area contributed by atoms with E-state index < -0.39 is 0 Å². The van der Waals surface area contributed by atoms with E-state index in [0.717, 1.165) is 24.5 Å². The maximum absolute atomic E-state index is 5.43. The van der Waals surface area contributed by atoms with Crippen LogP contribution >= 0.6 is 0 Å². The van der Waals surface area contributed by atoms with Gasteiger partial charge in [0.15, 0.2) is 0 Å². The highest BCUT2D eigenvalue weighted by molar-refractivity contribution is 5.54. The van der Waals surface area contributed by atoms with Crippen LogP contribution in [0.1, 0.15) is 18.1 Å². The molecule has 0 aromatic heterocycles. The summed E-state index contributed by atoms with van der Waals surface area (Å²) in [6, 6.07) is 14.4.